The van der Waals surface area contributed by atoms with Crippen molar-refractivity contribution in [3.05, 3.63) is 24.3 Å². The maximum Gasteiger partial charge on any atom is 0.265 e. The molecule has 2 aliphatic rings. The second-order valence-corrected chi connectivity index (χ2v) is 7.60. The standard InChI is InChI=1S/C19H27N3O3/c1-19(9-11-20(2)13-19)14-21(3)17(23)8-10-22-15-6-4-5-7-16(15)25-12-18(22)24/h4-7H,8-14H2,1-3H3. The molecule has 0 N–H and O–H groups in total. The average Bonchev–Trinajstić information content (AvgIpc) is 2.92. The molecule has 1 saturated heterocycles. The summed E-state index contributed by atoms with van der Waals surface area (Å²) in [5.74, 6) is 0.676. The van der Waals surface area contributed by atoms with Gasteiger partial charge in [0.2, 0.25) is 5.91 Å². The fourth-order valence-electron chi connectivity index (χ4n) is 3.86. The first-order valence-corrected chi connectivity index (χ1v) is 8.83. The maximum absolute atomic E-state index is 12.6. The first kappa shape index (κ1) is 17.7. The lowest BCUT2D eigenvalue weighted by molar-refractivity contribution is -0.131. The summed E-state index contributed by atoms with van der Waals surface area (Å²) < 4.78 is 5.44. The quantitative estimate of drug-likeness (QED) is 0.813. The average molecular weight is 345 g/mol. The zero-order valence-electron chi connectivity index (χ0n) is 15.3. The van der Waals surface area contributed by atoms with Crippen molar-refractivity contribution in [2.45, 2.75) is 19.8 Å². The van der Waals surface area contributed by atoms with E-state index in [0.717, 1.165) is 31.7 Å². The van der Waals surface area contributed by atoms with Crippen LogP contribution in [0.25, 0.3) is 0 Å². The van der Waals surface area contributed by atoms with Crippen molar-refractivity contribution >= 4 is 17.5 Å². The molecule has 0 radical (unpaired) electrons. The lowest BCUT2D eigenvalue weighted by Gasteiger charge is -2.32. The van der Waals surface area contributed by atoms with Gasteiger partial charge in [-0.2, -0.15) is 0 Å². The first-order valence-electron chi connectivity index (χ1n) is 8.83. The highest BCUT2D eigenvalue weighted by molar-refractivity contribution is 5.98. The molecule has 6 heteroatoms. The molecule has 1 atom stereocenters. The molecule has 0 aromatic heterocycles. The van der Waals surface area contributed by atoms with Gasteiger partial charge in [0.15, 0.2) is 6.61 Å². The van der Waals surface area contributed by atoms with Gasteiger partial charge in [0, 0.05) is 33.1 Å². The summed E-state index contributed by atoms with van der Waals surface area (Å²) in [6.45, 7) is 5.51. The third kappa shape index (κ3) is 3.95. The SMILES string of the molecule is CN1CCC(C)(CN(C)C(=O)CCN2C(=O)COc3ccccc32)C1. The molecule has 0 saturated carbocycles. The van der Waals surface area contributed by atoms with E-state index in [0.29, 0.717) is 18.7 Å². The van der Waals surface area contributed by atoms with Gasteiger partial charge in [-0.15, -0.1) is 0 Å². The van der Waals surface area contributed by atoms with Gasteiger partial charge in [0.1, 0.15) is 5.75 Å². The van der Waals surface area contributed by atoms with E-state index in [1.807, 2.05) is 36.2 Å². The summed E-state index contributed by atoms with van der Waals surface area (Å²) in [7, 11) is 3.98. The Morgan fingerprint density at radius 2 is 2.12 bits per heavy atom. The lowest BCUT2D eigenvalue weighted by atomic mass is 9.89. The summed E-state index contributed by atoms with van der Waals surface area (Å²) in [5.41, 5.74) is 0.902. The predicted molar refractivity (Wildman–Crippen MR) is 96.8 cm³/mol. The van der Waals surface area contributed by atoms with Crippen LogP contribution in [-0.2, 0) is 9.59 Å². The van der Waals surface area contributed by atoms with Gasteiger partial charge in [-0.05, 0) is 37.6 Å². The molecule has 1 aromatic rings. The van der Waals surface area contributed by atoms with E-state index >= 15 is 0 Å². The van der Waals surface area contributed by atoms with Gasteiger partial charge >= 0.3 is 0 Å². The number of para-hydroxylation sites is 2. The van der Waals surface area contributed by atoms with E-state index in [9.17, 15) is 9.59 Å². The van der Waals surface area contributed by atoms with Crippen molar-refractivity contribution in [2.75, 3.05) is 51.8 Å². The Labute approximate surface area is 149 Å². The number of hydrogen-bond donors (Lipinski definition) is 0. The minimum atomic E-state index is -0.0986. The number of ether oxygens (including phenoxy) is 1. The van der Waals surface area contributed by atoms with Crippen molar-refractivity contribution in [1.82, 2.24) is 9.80 Å². The molecule has 1 unspecified atom stereocenters. The van der Waals surface area contributed by atoms with Crippen LogP contribution in [0.5, 0.6) is 5.75 Å². The zero-order valence-corrected chi connectivity index (χ0v) is 15.3. The van der Waals surface area contributed by atoms with Crippen molar-refractivity contribution in [2.24, 2.45) is 5.41 Å². The summed E-state index contributed by atoms with van der Waals surface area (Å²) in [4.78, 5) is 30.5. The van der Waals surface area contributed by atoms with Crippen LogP contribution in [0.15, 0.2) is 24.3 Å². The molecule has 2 aliphatic heterocycles. The number of benzene rings is 1. The minimum Gasteiger partial charge on any atom is -0.482 e. The van der Waals surface area contributed by atoms with Crippen LogP contribution in [0.2, 0.25) is 0 Å². The van der Waals surface area contributed by atoms with Gasteiger partial charge in [0.25, 0.3) is 5.91 Å². The van der Waals surface area contributed by atoms with Crippen LogP contribution in [-0.4, -0.2) is 68.5 Å². The van der Waals surface area contributed by atoms with Gasteiger partial charge in [-0.25, -0.2) is 0 Å². The Morgan fingerprint density at radius 1 is 1.36 bits per heavy atom. The fourth-order valence-corrected chi connectivity index (χ4v) is 3.86. The Hall–Kier alpha value is -2.08. The Kier molecular flexibility index (Phi) is 4.99. The number of carbonyl (C=O) groups is 2. The van der Waals surface area contributed by atoms with Crippen LogP contribution in [0.3, 0.4) is 0 Å². The molecule has 3 rings (SSSR count). The lowest BCUT2D eigenvalue weighted by Crippen LogP contribution is -2.43. The predicted octanol–water partition coefficient (Wildman–Crippen LogP) is 1.60. The van der Waals surface area contributed by atoms with Crippen LogP contribution in [0.1, 0.15) is 19.8 Å². The topological polar surface area (TPSA) is 53.1 Å². The van der Waals surface area contributed by atoms with Crippen molar-refractivity contribution in [3.8, 4) is 5.75 Å². The smallest absolute Gasteiger partial charge is 0.265 e. The van der Waals surface area contributed by atoms with E-state index < -0.39 is 0 Å². The second-order valence-electron chi connectivity index (χ2n) is 7.60. The van der Waals surface area contributed by atoms with Gasteiger partial charge in [0.05, 0.1) is 5.69 Å². The normalized spacial score (nSPS) is 23.3. The summed E-state index contributed by atoms with van der Waals surface area (Å²) >= 11 is 0. The van der Waals surface area contributed by atoms with Gasteiger partial charge in [-0.3, -0.25) is 9.59 Å². The molecule has 6 nitrogen and oxygen atoms in total. The third-order valence-electron chi connectivity index (χ3n) is 5.15. The highest BCUT2D eigenvalue weighted by Crippen LogP contribution is 2.32. The molecule has 1 fully saturated rings. The molecular formula is C19H27N3O3. The molecule has 0 bridgehead atoms. The van der Waals surface area contributed by atoms with Crippen molar-refractivity contribution in [3.63, 3.8) is 0 Å². The van der Waals surface area contributed by atoms with Gasteiger partial charge in [-0.1, -0.05) is 19.1 Å². The zero-order chi connectivity index (χ0) is 18.0. The highest BCUT2D eigenvalue weighted by Gasteiger charge is 2.34. The Bertz CT molecular complexity index is 663. The molecule has 1 aromatic carbocycles. The molecule has 25 heavy (non-hydrogen) atoms. The monoisotopic (exact) mass is 345 g/mol. The Balaban J connectivity index is 1.58. The number of anilines is 1. The fraction of sp³-hybridized carbons (Fsp3) is 0.579. The van der Waals surface area contributed by atoms with Crippen LogP contribution < -0.4 is 9.64 Å². The summed E-state index contributed by atoms with van der Waals surface area (Å²) in [5, 5.41) is 0. The van der Waals surface area contributed by atoms with Crippen molar-refractivity contribution in [1.29, 1.82) is 0 Å². The number of carbonyl (C=O) groups excluding carboxylic acids is 2. The van der Waals surface area contributed by atoms with Gasteiger partial charge < -0.3 is 19.4 Å². The van der Waals surface area contributed by atoms with E-state index in [-0.39, 0.29) is 23.8 Å². The van der Waals surface area contributed by atoms with E-state index in [4.69, 9.17) is 4.74 Å². The first-order chi connectivity index (χ1) is 11.9. The van der Waals surface area contributed by atoms with E-state index in [1.54, 1.807) is 4.90 Å². The van der Waals surface area contributed by atoms with E-state index in [2.05, 4.69) is 18.9 Å². The molecular weight excluding hydrogens is 318 g/mol. The number of amides is 2. The largest absolute Gasteiger partial charge is 0.482 e. The van der Waals surface area contributed by atoms with E-state index in [1.165, 1.54) is 0 Å². The Morgan fingerprint density at radius 3 is 2.84 bits per heavy atom. The van der Waals surface area contributed by atoms with Crippen LogP contribution in [0.4, 0.5) is 5.69 Å². The second kappa shape index (κ2) is 7.04. The highest BCUT2D eigenvalue weighted by atomic mass is 16.5. The van der Waals surface area contributed by atoms with Crippen LogP contribution >= 0.6 is 0 Å². The number of rotatable bonds is 5. The number of fused-ring (bicyclic) bond motifs is 1. The van der Waals surface area contributed by atoms with Crippen molar-refractivity contribution < 1.29 is 14.3 Å². The molecule has 2 heterocycles. The minimum absolute atomic E-state index is 0.0332. The summed E-state index contributed by atoms with van der Waals surface area (Å²) in [6.07, 6.45) is 1.43. The molecule has 0 aliphatic carbocycles. The number of hydrogen-bond acceptors (Lipinski definition) is 4. The molecule has 136 valence electrons. The molecule has 2 amide bonds. The maximum atomic E-state index is 12.6. The number of likely N-dealkylation sites (tertiary alicyclic amines) is 1. The number of nitrogens with zero attached hydrogens (tertiary/aromatic N) is 3. The summed E-state index contributed by atoms with van der Waals surface area (Å²) in [6, 6.07) is 7.46. The van der Waals surface area contributed by atoms with Crippen LogP contribution in [0, 0.1) is 5.41 Å². The third-order valence-corrected chi connectivity index (χ3v) is 5.15. The molecule has 0 spiro atoms.